The smallest absolute Gasteiger partial charge is 0.306 e. The zero-order chi connectivity index (χ0) is 20.3. The van der Waals surface area contributed by atoms with Crippen LogP contribution in [0.4, 0.5) is 15.8 Å². The summed E-state index contributed by atoms with van der Waals surface area (Å²) in [7, 11) is -3.71. The summed E-state index contributed by atoms with van der Waals surface area (Å²) in [6.45, 7) is 0.315. The molecule has 1 aliphatic heterocycles. The highest BCUT2D eigenvalue weighted by molar-refractivity contribution is 7.89. The van der Waals surface area contributed by atoms with Crippen LogP contribution in [0, 0.1) is 21.8 Å². The number of nitro benzene ring substituents is 1. The predicted octanol–water partition coefficient (Wildman–Crippen LogP) is 2.77. The lowest BCUT2D eigenvalue weighted by atomic mass is 9.98. The highest BCUT2D eigenvalue weighted by atomic mass is 32.2. The van der Waals surface area contributed by atoms with Gasteiger partial charge in [-0.05, 0) is 37.1 Å². The number of hydrogen-bond donors (Lipinski definition) is 1. The Bertz CT molecular complexity index is 998. The molecule has 1 fully saturated rings. The molecule has 0 bridgehead atoms. The monoisotopic (exact) mass is 407 g/mol. The molecule has 0 aromatic heterocycles. The van der Waals surface area contributed by atoms with Crippen LogP contribution in [0.1, 0.15) is 12.8 Å². The Morgan fingerprint density at radius 3 is 2.61 bits per heavy atom. The molecule has 148 valence electrons. The third kappa shape index (κ3) is 4.18. The fourth-order valence-corrected chi connectivity index (χ4v) is 4.64. The summed E-state index contributed by atoms with van der Waals surface area (Å²) >= 11 is 0. The van der Waals surface area contributed by atoms with Gasteiger partial charge in [0.25, 0.3) is 0 Å². The maximum Gasteiger partial charge on any atom is 0.306 e. The Labute approximate surface area is 161 Å². The van der Waals surface area contributed by atoms with Crippen molar-refractivity contribution in [1.82, 2.24) is 4.31 Å². The molecule has 2 aromatic rings. The van der Waals surface area contributed by atoms with Gasteiger partial charge in [0.15, 0.2) is 0 Å². The molecule has 1 aliphatic rings. The van der Waals surface area contributed by atoms with Crippen LogP contribution in [-0.4, -0.2) is 36.6 Å². The van der Waals surface area contributed by atoms with Crippen molar-refractivity contribution in [2.45, 2.75) is 17.7 Å². The van der Waals surface area contributed by atoms with Gasteiger partial charge in [0, 0.05) is 24.8 Å². The van der Waals surface area contributed by atoms with Crippen LogP contribution in [0.25, 0.3) is 0 Å². The van der Waals surface area contributed by atoms with Gasteiger partial charge in [-0.1, -0.05) is 18.2 Å². The number of halogens is 1. The SMILES string of the molecule is O=C(Nc1ccc(F)c([N+](=O)[O-])c1)C1CCCN(S(=O)(=O)c2ccccc2)C1. The van der Waals surface area contributed by atoms with E-state index in [1.807, 2.05) is 0 Å². The highest BCUT2D eigenvalue weighted by Crippen LogP contribution is 2.26. The number of rotatable bonds is 5. The molecule has 1 heterocycles. The summed E-state index contributed by atoms with van der Waals surface area (Å²) in [4.78, 5) is 22.7. The molecule has 1 atom stereocenters. The number of nitro groups is 1. The van der Waals surface area contributed by atoms with Crippen molar-refractivity contribution in [2.75, 3.05) is 18.4 Å². The van der Waals surface area contributed by atoms with E-state index in [0.29, 0.717) is 19.4 Å². The number of nitrogens with one attached hydrogen (secondary N) is 1. The largest absolute Gasteiger partial charge is 0.326 e. The Morgan fingerprint density at radius 1 is 1.21 bits per heavy atom. The lowest BCUT2D eigenvalue weighted by Gasteiger charge is -2.31. The van der Waals surface area contributed by atoms with Crippen molar-refractivity contribution in [3.63, 3.8) is 0 Å². The van der Waals surface area contributed by atoms with Gasteiger partial charge >= 0.3 is 5.69 Å². The standard InChI is InChI=1S/C18H18FN3O5S/c19-16-9-8-14(11-17(16)22(24)25)20-18(23)13-5-4-10-21(12-13)28(26,27)15-6-2-1-3-7-15/h1-3,6-9,11,13H,4-5,10,12H2,(H,20,23). The molecule has 0 spiro atoms. The Morgan fingerprint density at radius 2 is 1.93 bits per heavy atom. The molecule has 28 heavy (non-hydrogen) atoms. The maximum absolute atomic E-state index is 13.4. The van der Waals surface area contributed by atoms with Gasteiger partial charge < -0.3 is 5.32 Å². The van der Waals surface area contributed by atoms with Gasteiger partial charge in [0.05, 0.1) is 15.7 Å². The van der Waals surface area contributed by atoms with E-state index in [-0.39, 0.29) is 17.1 Å². The molecular formula is C18H18FN3O5S. The van der Waals surface area contributed by atoms with Gasteiger partial charge in [-0.15, -0.1) is 0 Å². The lowest BCUT2D eigenvalue weighted by Crippen LogP contribution is -2.43. The van der Waals surface area contributed by atoms with Gasteiger partial charge in [-0.3, -0.25) is 14.9 Å². The van der Waals surface area contributed by atoms with Crippen LogP contribution in [0.3, 0.4) is 0 Å². The molecule has 8 nitrogen and oxygen atoms in total. The molecule has 0 radical (unpaired) electrons. The summed E-state index contributed by atoms with van der Waals surface area (Å²) in [6.07, 6.45) is 0.990. The van der Waals surface area contributed by atoms with Gasteiger partial charge in [-0.25, -0.2) is 8.42 Å². The quantitative estimate of drug-likeness (QED) is 0.605. The topological polar surface area (TPSA) is 110 Å². The lowest BCUT2D eigenvalue weighted by molar-refractivity contribution is -0.387. The van der Waals surface area contributed by atoms with Crippen molar-refractivity contribution in [2.24, 2.45) is 5.92 Å². The van der Waals surface area contributed by atoms with Gasteiger partial charge in [0.1, 0.15) is 0 Å². The molecule has 1 saturated heterocycles. The van der Waals surface area contributed by atoms with Crippen molar-refractivity contribution in [3.8, 4) is 0 Å². The third-order valence-electron chi connectivity index (χ3n) is 4.55. The van der Waals surface area contributed by atoms with Crippen LogP contribution >= 0.6 is 0 Å². The molecule has 1 N–H and O–H groups in total. The van der Waals surface area contributed by atoms with Crippen molar-refractivity contribution >= 4 is 27.3 Å². The van der Waals surface area contributed by atoms with Gasteiger partial charge in [0.2, 0.25) is 21.7 Å². The third-order valence-corrected chi connectivity index (χ3v) is 6.43. The number of amides is 1. The van der Waals surface area contributed by atoms with E-state index in [0.717, 1.165) is 12.1 Å². The zero-order valence-corrected chi connectivity index (χ0v) is 15.6. The first-order valence-corrected chi connectivity index (χ1v) is 10.0. The number of hydrogen-bond acceptors (Lipinski definition) is 5. The number of carbonyl (C=O) groups is 1. The normalized spacial score (nSPS) is 17.8. The predicted molar refractivity (Wildman–Crippen MR) is 99.6 cm³/mol. The number of benzene rings is 2. The van der Waals surface area contributed by atoms with E-state index in [1.165, 1.54) is 22.5 Å². The Balaban J connectivity index is 1.73. The van der Waals surface area contributed by atoms with Crippen LogP contribution in [0.15, 0.2) is 53.4 Å². The summed E-state index contributed by atoms with van der Waals surface area (Å²) in [5.74, 6) is -2.08. The molecule has 2 aromatic carbocycles. The highest BCUT2D eigenvalue weighted by Gasteiger charge is 2.33. The van der Waals surface area contributed by atoms with E-state index in [2.05, 4.69) is 5.32 Å². The van der Waals surface area contributed by atoms with Crippen molar-refractivity contribution < 1.29 is 22.5 Å². The number of sulfonamides is 1. The summed E-state index contributed by atoms with van der Waals surface area (Å²) in [5, 5.41) is 13.3. The molecule has 10 heteroatoms. The summed E-state index contributed by atoms with van der Waals surface area (Å²) in [5.41, 5.74) is -0.657. The molecule has 1 amide bonds. The molecular weight excluding hydrogens is 389 g/mol. The second kappa shape index (κ2) is 8.03. The fraction of sp³-hybridized carbons (Fsp3) is 0.278. The number of nitrogens with zero attached hydrogens (tertiary/aromatic N) is 2. The molecule has 1 unspecified atom stereocenters. The second-order valence-corrected chi connectivity index (χ2v) is 8.37. The molecule has 0 aliphatic carbocycles. The van der Waals surface area contributed by atoms with E-state index >= 15 is 0 Å². The van der Waals surface area contributed by atoms with Gasteiger partial charge in [-0.2, -0.15) is 8.70 Å². The van der Waals surface area contributed by atoms with Crippen LogP contribution in [-0.2, 0) is 14.8 Å². The van der Waals surface area contributed by atoms with E-state index in [9.17, 15) is 27.7 Å². The van der Waals surface area contributed by atoms with Crippen LogP contribution < -0.4 is 5.32 Å². The number of anilines is 1. The van der Waals surface area contributed by atoms with Crippen LogP contribution in [0.5, 0.6) is 0 Å². The fourth-order valence-electron chi connectivity index (χ4n) is 3.09. The molecule has 3 rings (SSSR count). The zero-order valence-electron chi connectivity index (χ0n) is 14.7. The van der Waals surface area contributed by atoms with E-state index in [1.54, 1.807) is 18.2 Å². The average molecular weight is 407 g/mol. The minimum Gasteiger partial charge on any atom is -0.326 e. The van der Waals surface area contributed by atoms with Crippen molar-refractivity contribution in [1.29, 1.82) is 0 Å². The summed E-state index contributed by atoms with van der Waals surface area (Å²) in [6, 6.07) is 11.0. The maximum atomic E-state index is 13.4. The Kier molecular flexibility index (Phi) is 5.71. The van der Waals surface area contributed by atoms with Crippen molar-refractivity contribution in [3.05, 3.63) is 64.5 Å². The first-order valence-electron chi connectivity index (χ1n) is 8.59. The van der Waals surface area contributed by atoms with E-state index in [4.69, 9.17) is 0 Å². The minimum absolute atomic E-state index is 0.00630. The molecule has 0 saturated carbocycles. The number of carbonyl (C=O) groups excluding carboxylic acids is 1. The van der Waals surface area contributed by atoms with Crippen LogP contribution in [0.2, 0.25) is 0 Å². The first kappa shape index (κ1) is 19.9. The Hall–Kier alpha value is -2.85. The van der Waals surface area contributed by atoms with E-state index < -0.39 is 38.3 Å². The number of piperidine rings is 1. The second-order valence-electron chi connectivity index (χ2n) is 6.43. The first-order chi connectivity index (χ1) is 13.3. The summed E-state index contributed by atoms with van der Waals surface area (Å²) < 4.78 is 40.2. The minimum atomic E-state index is -3.71. The average Bonchev–Trinajstić information content (AvgIpc) is 2.70.